The lowest BCUT2D eigenvalue weighted by molar-refractivity contribution is 0.780. The van der Waals surface area contributed by atoms with Crippen molar-refractivity contribution in [1.82, 2.24) is 0 Å². The monoisotopic (exact) mass is 277 g/mol. The molecule has 0 amide bonds. The predicted molar refractivity (Wildman–Crippen MR) is 80.8 cm³/mol. The van der Waals surface area contributed by atoms with Crippen LogP contribution in [-0.2, 0) is 0 Å². The van der Waals surface area contributed by atoms with E-state index >= 15 is 0 Å². The molecule has 2 rings (SSSR count). The van der Waals surface area contributed by atoms with E-state index in [0.29, 0.717) is 11.4 Å². The summed E-state index contributed by atoms with van der Waals surface area (Å²) in [6, 6.07) is 17.0. The molecule has 0 aliphatic rings. The Kier molecular flexibility index (Phi) is 4.89. The number of nitrogens with zero attached hydrogens (tertiary/aromatic N) is 5. The molecule has 21 heavy (non-hydrogen) atoms. The summed E-state index contributed by atoms with van der Waals surface area (Å²) in [5, 5.41) is 24.8. The van der Waals surface area contributed by atoms with E-state index in [-0.39, 0.29) is 0 Å². The molecule has 0 bridgehead atoms. The zero-order valence-electron chi connectivity index (χ0n) is 11.9. The lowest BCUT2D eigenvalue weighted by Crippen LogP contribution is -1.92. The average Bonchev–Trinajstić information content (AvgIpc) is 2.51. The SMILES string of the molecule is Cc1ccc(N=NC(C#N)N=Nc2ccc(C)cc2)cc1. The van der Waals surface area contributed by atoms with Crippen LogP contribution in [0.15, 0.2) is 69.0 Å². The molecule has 0 saturated heterocycles. The highest BCUT2D eigenvalue weighted by atomic mass is 15.3. The van der Waals surface area contributed by atoms with Gasteiger partial charge in [-0.1, -0.05) is 35.4 Å². The van der Waals surface area contributed by atoms with Gasteiger partial charge in [0.15, 0.2) is 0 Å². The Labute approximate surface area is 123 Å². The molecule has 0 radical (unpaired) electrons. The van der Waals surface area contributed by atoms with Crippen LogP contribution in [0.5, 0.6) is 0 Å². The fraction of sp³-hybridized carbons (Fsp3) is 0.188. The highest BCUT2D eigenvalue weighted by Gasteiger charge is 2.01. The second kappa shape index (κ2) is 7.06. The van der Waals surface area contributed by atoms with E-state index in [9.17, 15) is 0 Å². The number of azo groups is 2. The summed E-state index contributed by atoms with van der Waals surface area (Å²) in [5.74, 6) is 0. The van der Waals surface area contributed by atoms with Crippen LogP contribution >= 0.6 is 0 Å². The smallest absolute Gasteiger partial charge is 0.194 e. The summed E-state index contributed by atoms with van der Waals surface area (Å²) in [5.41, 5.74) is 3.66. The van der Waals surface area contributed by atoms with Gasteiger partial charge in [-0.05, 0) is 38.1 Å². The number of rotatable bonds is 4. The van der Waals surface area contributed by atoms with Crippen molar-refractivity contribution in [3.8, 4) is 6.07 Å². The van der Waals surface area contributed by atoms with E-state index in [1.54, 1.807) is 0 Å². The van der Waals surface area contributed by atoms with Gasteiger partial charge in [-0.25, -0.2) is 0 Å². The maximum atomic E-state index is 9.01. The van der Waals surface area contributed by atoms with Gasteiger partial charge in [-0.3, -0.25) is 0 Å². The van der Waals surface area contributed by atoms with Crippen molar-refractivity contribution in [2.45, 2.75) is 20.0 Å². The molecule has 0 aliphatic carbocycles. The summed E-state index contributed by atoms with van der Waals surface area (Å²) in [6.07, 6.45) is -0.937. The van der Waals surface area contributed by atoms with Crippen molar-refractivity contribution in [2.24, 2.45) is 20.5 Å². The minimum absolute atomic E-state index is 0.686. The van der Waals surface area contributed by atoms with Gasteiger partial charge in [0.25, 0.3) is 6.17 Å². The molecular formula is C16H15N5. The number of benzene rings is 2. The number of hydrogen-bond donors (Lipinski definition) is 0. The molecule has 0 atom stereocenters. The Morgan fingerprint density at radius 1 is 0.762 bits per heavy atom. The van der Waals surface area contributed by atoms with Crippen LogP contribution < -0.4 is 0 Å². The Bertz CT molecular complexity index is 623. The maximum Gasteiger partial charge on any atom is 0.266 e. The quantitative estimate of drug-likeness (QED) is 0.723. The van der Waals surface area contributed by atoms with Crippen LogP contribution in [-0.4, -0.2) is 6.17 Å². The molecule has 5 nitrogen and oxygen atoms in total. The summed E-state index contributed by atoms with van der Waals surface area (Å²) < 4.78 is 0. The Balaban J connectivity index is 2.04. The molecule has 0 aromatic heterocycles. The Morgan fingerprint density at radius 2 is 1.14 bits per heavy atom. The third-order valence-corrected chi connectivity index (χ3v) is 2.75. The molecule has 5 heteroatoms. The van der Waals surface area contributed by atoms with Crippen molar-refractivity contribution in [2.75, 3.05) is 0 Å². The van der Waals surface area contributed by atoms with Gasteiger partial charge in [0.1, 0.15) is 6.07 Å². The summed E-state index contributed by atoms with van der Waals surface area (Å²) >= 11 is 0. The molecule has 0 unspecified atom stereocenters. The summed E-state index contributed by atoms with van der Waals surface area (Å²) in [6.45, 7) is 3.99. The first-order valence-corrected chi connectivity index (χ1v) is 6.52. The van der Waals surface area contributed by atoms with Crippen LogP contribution in [0.2, 0.25) is 0 Å². The first-order chi connectivity index (χ1) is 10.2. The van der Waals surface area contributed by atoms with Gasteiger partial charge in [0.05, 0.1) is 11.4 Å². The zero-order chi connectivity index (χ0) is 15.1. The molecule has 2 aromatic rings. The normalized spacial score (nSPS) is 12.6. The van der Waals surface area contributed by atoms with Gasteiger partial charge in [0, 0.05) is 0 Å². The lowest BCUT2D eigenvalue weighted by Gasteiger charge is -1.96. The fourth-order valence-corrected chi connectivity index (χ4v) is 1.54. The molecule has 0 saturated carbocycles. The zero-order valence-corrected chi connectivity index (χ0v) is 11.9. The van der Waals surface area contributed by atoms with E-state index in [1.165, 1.54) is 0 Å². The van der Waals surface area contributed by atoms with Gasteiger partial charge in [-0.15, -0.1) is 10.2 Å². The molecule has 0 aliphatic heterocycles. The standard InChI is InChI=1S/C16H15N5/c1-12-3-7-14(8-4-12)18-20-16(11-17)21-19-15-9-5-13(2)6-10-15/h3-10,16H,1-2H3. The minimum atomic E-state index is -0.937. The van der Waals surface area contributed by atoms with Crippen LogP contribution in [0.25, 0.3) is 0 Å². The Morgan fingerprint density at radius 3 is 1.48 bits per heavy atom. The molecule has 0 fully saturated rings. The Hall–Kier alpha value is -2.87. The van der Waals surface area contributed by atoms with Gasteiger partial charge < -0.3 is 0 Å². The van der Waals surface area contributed by atoms with Crippen LogP contribution in [0.4, 0.5) is 11.4 Å². The third kappa shape index (κ3) is 4.62. The van der Waals surface area contributed by atoms with E-state index in [4.69, 9.17) is 5.26 Å². The molecule has 104 valence electrons. The van der Waals surface area contributed by atoms with E-state index in [2.05, 4.69) is 20.5 Å². The summed E-state index contributed by atoms with van der Waals surface area (Å²) in [7, 11) is 0. The van der Waals surface area contributed by atoms with E-state index in [1.807, 2.05) is 68.4 Å². The molecule has 0 N–H and O–H groups in total. The first kappa shape index (κ1) is 14.5. The van der Waals surface area contributed by atoms with Crippen molar-refractivity contribution in [3.63, 3.8) is 0 Å². The highest BCUT2D eigenvalue weighted by Crippen LogP contribution is 2.16. The highest BCUT2D eigenvalue weighted by molar-refractivity contribution is 5.38. The van der Waals surface area contributed by atoms with Crippen LogP contribution in [0.1, 0.15) is 11.1 Å². The van der Waals surface area contributed by atoms with Crippen molar-refractivity contribution < 1.29 is 0 Å². The summed E-state index contributed by atoms with van der Waals surface area (Å²) in [4.78, 5) is 0. The van der Waals surface area contributed by atoms with Gasteiger partial charge in [-0.2, -0.15) is 15.5 Å². The first-order valence-electron chi connectivity index (χ1n) is 6.52. The molecule has 2 aromatic carbocycles. The van der Waals surface area contributed by atoms with Crippen LogP contribution in [0.3, 0.4) is 0 Å². The van der Waals surface area contributed by atoms with Crippen LogP contribution in [0, 0.1) is 25.2 Å². The second-order valence-electron chi connectivity index (χ2n) is 4.60. The second-order valence-corrected chi connectivity index (χ2v) is 4.60. The predicted octanol–water partition coefficient (Wildman–Crippen LogP) is 5.02. The number of nitriles is 1. The fourth-order valence-electron chi connectivity index (χ4n) is 1.54. The lowest BCUT2D eigenvalue weighted by atomic mass is 10.2. The number of hydrogen-bond acceptors (Lipinski definition) is 5. The van der Waals surface area contributed by atoms with Gasteiger partial charge >= 0.3 is 0 Å². The van der Waals surface area contributed by atoms with Crippen molar-refractivity contribution >= 4 is 11.4 Å². The molecule has 0 heterocycles. The average molecular weight is 277 g/mol. The minimum Gasteiger partial charge on any atom is -0.194 e. The van der Waals surface area contributed by atoms with Gasteiger partial charge in [0.2, 0.25) is 0 Å². The molecule has 0 spiro atoms. The molecular weight excluding hydrogens is 262 g/mol. The van der Waals surface area contributed by atoms with Crippen molar-refractivity contribution in [3.05, 3.63) is 59.7 Å². The maximum absolute atomic E-state index is 9.01. The van der Waals surface area contributed by atoms with Crippen molar-refractivity contribution in [1.29, 1.82) is 5.26 Å². The van der Waals surface area contributed by atoms with E-state index in [0.717, 1.165) is 11.1 Å². The third-order valence-electron chi connectivity index (χ3n) is 2.75. The topological polar surface area (TPSA) is 73.2 Å². The van der Waals surface area contributed by atoms with E-state index < -0.39 is 6.17 Å². The largest absolute Gasteiger partial charge is 0.266 e. The number of aryl methyl sites for hydroxylation is 2.